The van der Waals surface area contributed by atoms with Gasteiger partial charge in [-0.25, -0.2) is 4.39 Å². The minimum atomic E-state index is -0.434. The Morgan fingerprint density at radius 2 is 1.88 bits per heavy atom. The van der Waals surface area contributed by atoms with Gasteiger partial charge in [0, 0.05) is 16.8 Å². The number of phenols is 1. The van der Waals surface area contributed by atoms with Crippen LogP contribution in [0.3, 0.4) is 0 Å². The first kappa shape index (κ1) is 14.6. The number of phenolic OH excluding ortho intramolecular Hbond substituents is 1. The first-order valence-electron chi connectivity index (χ1n) is 7.57. The number of nitrogens with one attached hydrogen (secondary N) is 1. The zero-order valence-electron chi connectivity index (χ0n) is 13.0. The second kappa shape index (κ2) is 5.56. The number of nitrogens with zero attached hydrogens (tertiary/aromatic N) is 1. The minimum absolute atomic E-state index is 0.0262. The first-order valence-corrected chi connectivity index (χ1v) is 7.57. The number of rotatable bonds is 2. The molecular formula is C18H15FN2O3. The highest BCUT2D eigenvalue weighted by molar-refractivity contribution is 5.85. The molecule has 0 bridgehead atoms. The number of fused-ring (bicyclic) bond motifs is 1. The van der Waals surface area contributed by atoms with E-state index in [1.54, 1.807) is 0 Å². The highest BCUT2D eigenvalue weighted by Gasteiger charge is 2.20. The van der Waals surface area contributed by atoms with E-state index in [9.17, 15) is 9.50 Å². The fourth-order valence-electron chi connectivity index (χ4n) is 2.87. The molecule has 1 aliphatic rings. The molecule has 2 N–H and O–H groups in total. The van der Waals surface area contributed by atoms with Crippen molar-refractivity contribution in [3.05, 3.63) is 47.9 Å². The molecule has 3 aromatic rings. The van der Waals surface area contributed by atoms with Crippen molar-refractivity contribution in [2.45, 2.75) is 6.92 Å². The zero-order chi connectivity index (χ0) is 16.7. The van der Waals surface area contributed by atoms with E-state index in [1.165, 1.54) is 18.2 Å². The summed E-state index contributed by atoms with van der Waals surface area (Å²) in [6.45, 7) is 2.90. The molecule has 0 radical (unpaired) electrons. The van der Waals surface area contributed by atoms with E-state index in [1.807, 2.05) is 25.1 Å². The van der Waals surface area contributed by atoms with Gasteiger partial charge < -0.3 is 14.6 Å². The monoisotopic (exact) mass is 326 g/mol. The van der Waals surface area contributed by atoms with E-state index in [0.29, 0.717) is 36.0 Å². The number of aromatic nitrogens is 2. The number of aromatic amines is 1. The maximum absolute atomic E-state index is 13.6. The van der Waals surface area contributed by atoms with Crippen LogP contribution in [0.2, 0.25) is 0 Å². The Balaban J connectivity index is 1.88. The molecule has 122 valence electrons. The Labute approximate surface area is 137 Å². The third-order valence-electron chi connectivity index (χ3n) is 3.99. The number of hydrogen-bond donors (Lipinski definition) is 2. The van der Waals surface area contributed by atoms with E-state index in [-0.39, 0.29) is 5.75 Å². The van der Waals surface area contributed by atoms with Gasteiger partial charge in [0.15, 0.2) is 11.5 Å². The van der Waals surface area contributed by atoms with E-state index in [2.05, 4.69) is 10.2 Å². The maximum Gasteiger partial charge on any atom is 0.161 e. The van der Waals surface area contributed by atoms with Crippen LogP contribution in [-0.4, -0.2) is 28.5 Å². The van der Waals surface area contributed by atoms with Crippen molar-refractivity contribution in [1.29, 1.82) is 0 Å². The third kappa shape index (κ3) is 2.36. The van der Waals surface area contributed by atoms with Crippen LogP contribution in [0.25, 0.3) is 22.4 Å². The number of aryl methyl sites for hydroxylation is 1. The summed E-state index contributed by atoms with van der Waals surface area (Å²) in [5.74, 6) is 0.897. The van der Waals surface area contributed by atoms with Gasteiger partial charge in [0.2, 0.25) is 0 Å². The summed E-state index contributed by atoms with van der Waals surface area (Å²) in [6.07, 6.45) is 0. The lowest BCUT2D eigenvalue weighted by Crippen LogP contribution is -2.15. The summed E-state index contributed by atoms with van der Waals surface area (Å²) in [5.41, 5.74) is 3.27. The van der Waals surface area contributed by atoms with E-state index >= 15 is 0 Å². The lowest BCUT2D eigenvalue weighted by Gasteiger charge is -2.19. The Kier molecular flexibility index (Phi) is 3.37. The van der Waals surface area contributed by atoms with Crippen molar-refractivity contribution < 1.29 is 19.0 Å². The molecule has 0 atom stereocenters. The van der Waals surface area contributed by atoms with Crippen molar-refractivity contribution in [3.63, 3.8) is 0 Å². The van der Waals surface area contributed by atoms with E-state index in [0.717, 1.165) is 16.8 Å². The van der Waals surface area contributed by atoms with Crippen LogP contribution in [0, 0.1) is 12.7 Å². The molecule has 24 heavy (non-hydrogen) atoms. The number of ether oxygens (including phenoxy) is 2. The van der Waals surface area contributed by atoms with Crippen LogP contribution in [0.15, 0.2) is 36.4 Å². The first-order chi connectivity index (χ1) is 11.6. The van der Waals surface area contributed by atoms with Crippen molar-refractivity contribution in [2.75, 3.05) is 13.2 Å². The standard InChI is InChI=1S/C18H15FN2O3/c1-10-17(11-2-5-15-16(8-11)24-7-6-23-15)18(21-20-10)13-9-12(19)3-4-14(13)22/h2-5,8-9,22H,6-7H2,1H3,(H,20,21). The van der Waals surface area contributed by atoms with Crippen LogP contribution in [-0.2, 0) is 0 Å². The normalized spacial score (nSPS) is 13.1. The second-order valence-electron chi connectivity index (χ2n) is 5.59. The lowest BCUT2D eigenvalue weighted by molar-refractivity contribution is 0.171. The van der Waals surface area contributed by atoms with Crippen LogP contribution in [0.1, 0.15) is 5.69 Å². The van der Waals surface area contributed by atoms with Gasteiger partial charge in [-0.3, -0.25) is 5.10 Å². The van der Waals surface area contributed by atoms with Crippen molar-refractivity contribution in [1.82, 2.24) is 10.2 Å². The fraction of sp³-hybridized carbons (Fsp3) is 0.167. The highest BCUT2D eigenvalue weighted by atomic mass is 19.1. The summed E-state index contributed by atoms with van der Waals surface area (Å²) in [7, 11) is 0. The van der Waals surface area contributed by atoms with Crippen molar-refractivity contribution >= 4 is 0 Å². The maximum atomic E-state index is 13.6. The smallest absolute Gasteiger partial charge is 0.161 e. The van der Waals surface area contributed by atoms with Gasteiger partial charge in [-0.05, 0) is 42.8 Å². The summed E-state index contributed by atoms with van der Waals surface area (Å²) in [4.78, 5) is 0. The van der Waals surface area contributed by atoms with Crippen molar-refractivity contribution in [3.8, 4) is 39.6 Å². The van der Waals surface area contributed by atoms with Gasteiger partial charge in [-0.15, -0.1) is 0 Å². The molecule has 2 aromatic carbocycles. The average Bonchev–Trinajstić information content (AvgIpc) is 2.98. The Hall–Kier alpha value is -3.02. The Morgan fingerprint density at radius 3 is 2.71 bits per heavy atom. The van der Waals surface area contributed by atoms with Crippen LogP contribution >= 0.6 is 0 Å². The van der Waals surface area contributed by atoms with Gasteiger partial charge in [0.1, 0.15) is 30.5 Å². The highest BCUT2D eigenvalue weighted by Crippen LogP contribution is 2.41. The van der Waals surface area contributed by atoms with E-state index < -0.39 is 5.82 Å². The predicted octanol–water partition coefficient (Wildman–Crippen LogP) is 3.67. The molecule has 0 fully saturated rings. The molecule has 2 heterocycles. The minimum Gasteiger partial charge on any atom is -0.507 e. The van der Waals surface area contributed by atoms with Crippen LogP contribution < -0.4 is 9.47 Å². The van der Waals surface area contributed by atoms with Gasteiger partial charge in [0.25, 0.3) is 0 Å². The number of H-pyrrole nitrogens is 1. The summed E-state index contributed by atoms with van der Waals surface area (Å²) in [5, 5.41) is 17.3. The molecule has 0 amide bonds. The Morgan fingerprint density at radius 1 is 1.08 bits per heavy atom. The van der Waals surface area contributed by atoms with Crippen LogP contribution in [0.4, 0.5) is 4.39 Å². The molecule has 0 saturated carbocycles. The number of benzene rings is 2. The summed E-state index contributed by atoms with van der Waals surface area (Å²) < 4.78 is 24.8. The lowest BCUT2D eigenvalue weighted by atomic mass is 9.98. The van der Waals surface area contributed by atoms with E-state index in [4.69, 9.17) is 9.47 Å². The molecule has 4 rings (SSSR count). The summed E-state index contributed by atoms with van der Waals surface area (Å²) >= 11 is 0. The average molecular weight is 326 g/mol. The molecule has 1 aliphatic heterocycles. The topological polar surface area (TPSA) is 67.4 Å². The molecular weight excluding hydrogens is 311 g/mol. The van der Waals surface area contributed by atoms with Gasteiger partial charge in [-0.2, -0.15) is 5.10 Å². The van der Waals surface area contributed by atoms with Gasteiger partial charge in [0.05, 0.1) is 0 Å². The van der Waals surface area contributed by atoms with Gasteiger partial charge in [-0.1, -0.05) is 6.07 Å². The molecule has 5 nitrogen and oxygen atoms in total. The number of aromatic hydroxyl groups is 1. The number of hydrogen-bond acceptors (Lipinski definition) is 4. The summed E-state index contributed by atoms with van der Waals surface area (Å²) in [6, 6.07) is 9.40. The SMILES string of the molecule is Cc1[nH]nc(-c2cc(F)ccc2O)c1-c1ccc2c(c1)OCCO2. The molecule has 0 saturated heterocycles. The number of halogens is 1. The largest absolute Gasteiger partial charge is 0.507 e. The quantitative estimate of drug-likeness (QED) is 0.754. The zero-order valence-corrected chi connectivity index (χ0v) is 13.0. The molecule has 0 spiro atoms. The fourth-order valence-corrected chi connectivity index (χ4v) is 2.87. The molecule has 6 heteroatoms. The molecule has 0 aliphatic carbocycles. The van der Waals surface area contributed by atoms with Gasteiger partial charge >= 0.3 is 0 Å². The van der Waals surface area contributed by atoms with Crippen molar-refractivity contribution in [2.24, 2.45) is 0 Å². The van der Waals surface area contributed by atoms with Crippen LogP contribution in [0.5, 0.6) is 17.2 Å². The molecule has 1 aromatic heterocycles. The molecule has 0 unspecified atom stereocenters. The Bertz CT molecular complexity index is 921. The predicted molar refractivity (Wildman–Crippen MR) is 86.8 cm³/mol. The second-order valence-corrected chi connectivity index (χ2v) is 5.59. The third-order valence-corrected chi connectivity index (χ3v) is 3.99.